The summed E-state index contributed by atoms with van der Waals surface area (Å²) in [7, 11) is 0. The Bertz CT molecular complexity index is 1550. The monoisotopic (exact) mass is 541 g/mol. The van der Waals surface area contributed by atoms with Gasteiger partial charge in [-0.3, -0.25) is 0 Å². The first-order valence-corrected chi connectivity index (χ1v) is 19.0. The number of halogens is 1. The average molecular weight is 541 g/mol. The van der Waals surface area contributed by atoms with Crippen LogP contribution in [-0.4, -0.2) is 25.5 Å². The number of carbonyl (C=O) groups is 1. The van der Waals surface area contributed by atoms with Crippen molar-refractivity contribution in [3.8, 4) is 0 Å². The third-order valence-electron chi connectivity index (χ3n) is 19.3. The van der Waals surface area contributed by atoms with Gasteiger partial charge in [-0.05, 0) is 0 Å². The van der Waals surface area contributed by atoms with E-state index in [2.05, 4.69) is 57.8 Å². The second kappa shape index (κ2) is 1.67. The Morgan fingerprint density at radius 3 is 2.31 bits per heavy atom. The molecule has 0 N–H and O–H groups in total. The molecule has 5 unspecified atom stereocenters. The van der Waals surface area contributed by atoms with Crippen LogP contribution in [0.25, 0.3) is 0 Å². The first-order chi connectivity index (χ1) is 13.9. The summed E-state index contributed by atoms with van der Waals surface area (Å²) in [6, 6.07) is 10.8. The van der Waals surface area contributed by atoms with Crippen molar-refractivity contribution in [3.63, 3.8) is 0 Å². The van der Waals surface area contributed by atoms with Crippen molar-refractivity contribution in [1.29, 1.82) is 0 Å². The molecule has 1 aromatic carbocycles. The molecule has 0 bridgehead atoms. The molecule has 12 aliphatic heterocycles. The average Bonchev–Trinajstić information content (AvgIpc) is 3.60. The molecule has 12 fully saturated rings. The van der Waals surface area contributed by atoms with Crippen LogP contribution in [0.5, 0.6) is 0 Å². The van der Waals surface area contributed by atoms with Crippen LogP contribution in [0.3, 0.4) is 0 Å². The fraction of sp³-hybridized carbons (Fsp3) is 0.708. The molecule has 13 rings (SSSR count). The summed E-state index contributed by atoms with van der Waals surface area (Å²) in [5.41, 5.74) is 0.985. The summed E-state index contributed by atoms with van der Waals surface area (Å²) < 4.78 is 8.40. The Labute approximate surface area is 173 Å². The van der Waals surface area contributed by atoms with E-state index in [0.717, 1.165) is 19.5 Å². The zero-order valence-electron chi connectivity index (χ0n) is 16.1. The van der Waals surface area contributed by atoms with Gasteiger partial charge in [0.1, 0.15) is 0 Å². The quantitative estimate of drug-likeness (QED) is 0.268. The molecule has 1 spiro atoms. The van der Waals surface area contributed by atoms with E-state index in [1.54, 1.807) is 0 Å². The van der Waals surface area contributed by atoms with Crippen LogP contribution in [0.1, 0.15) is 37.3 Å². The number of carbonyl (C=O) groups excluding carboxylic acids is 1. The van der Waals surface area contributed by atoms with Crippen LogP contribution in [0.2, 0.25) is 42.8 Å². The van der Waals surface area contributed by atoms with Gasteiger partial charge in [-0.1, -0.05) is 0 Å². The number of ether oxygens (including phenoxy) is 1. The van der Waals surface area contributed by atoms with Gasteiger partial charge < -0.3 is 0 Å². The molecule has 12 saturated heterocycles. The van der Waals surface area contributed by atoms with Gasteiger partial charge in [0.15, 0.2) is 0 Å². The van der Waals surface area contributed by atoms with Gasteiger partial charge in [-0.15, -0.1) is 0 Å². The molecule has 12 heterocycles. The van der Waals surface area contributed by atoms with Gasteiger partial charge in [0.05, 0.1) is 0 Å². The van der Waals surface area contributed by atoms with Crippen LogP contribution in [0.15, 0.2) is 30.3 Å². The number of fused-ring (bicyclic) bond motifs is 11. The van der Waals surface area contributed by atoms with Crippen molar-refractivity contribution in [2.45, 2.75) is 82.6 Å². The van der Waals surface area contributed by atoms with E-state index < -0.39 is 6.51 Å². The fourth-order valence-electron chi connectivity index (χ4n) is 20.7. The fourth-order valence-corrected chi connectivity index (χ4v) is 114. The molecule has 5 heteroatoms. The first-order valence-electron chi connectivity index (χ1n) is 11.8. The van der Waals surface area contributed by atoms with Crippen LogP contribution < -0.4 is 0 Å². The zero-order chi connectivity index (χ0) is 18.5. The summed E-state index contributed by atoms with van der Waals surface area (Å²) >= 11 is 3.13. The van der Waals surface area contributed by atoms with Gasteiger partial charge >= 0.3 is 175 Å². The van der Waals surface area contributed by atoms with Crippen LogP contribution >= 0.6 is 22.6 Å². The number of amides is 1. The van der Waals surface area contributed by atoms with Gasteiger partial charge in [0.2, 0.25) is 0 Å². The molecule has 0 aromatic heterocycles. The van der Waals surface area contributed by atoms with Crippen LogP contribution in [0, 0.1) is 0 Å². The van der Waals surface area contributed by atoms with Crippen LogP contribution in [0.4, 0.5) is 0 Å². The SMILES string of the molecule is O=C1CC[C@]2(CC[C]34[CH]5[CH]6[CH]7[C]3(I)[Fe]6754389%10[CH]4[CH]3[CH]8[CH]9[CH]4%10)OC[C@@H](c3ccccc3)N12. The maximum absolute atomic E-state index is 13.0. The van der Waals surface area contributed by atoms with E-state index >= 15 is 0 Å². The minimum absolute atomic E-state index is 0.136. The first kappa shape index (κ1) is 13.4. The summed E-state index contributed by atoms with van der Waals surface area (Å²) in [4.78, 5) is 26.1. The van der Waals surface area contributed by atoms with Gasteiger partial charge in [-0.2, -0.15) is 0 Å². The summed E-state index contributed by atoms with van der Waals surface area (Å²) in [6.45, 7) is -2.48. The number of hydrogen-bond acceptors (Lipinski definition) is 2. The van der Waals surface area contributed by atoms with Gasteiger partial charge in [0.25, 0.3) is 0 Å². The van der Waals surface area contributed by atoms with Crippen molar-refractivity contribution in [2.75, 3.05) is 6.61 Å². The van der Waals surface area contributed by atoms with Crippen molar-refractivity contribution in [1.82, 2.24) is 4.90 Å². The Kier molecular flexibility index (Phi) is 0.775. The molecule has 0 radical (unpaired) electrons. The second-order valence-electron chi connectivity index (χ2n) is 14.8. The topological polar surface area (TPSA) is 29.5 Å². The number of alkyl halides is 1. The maximum atomic E-state index is 13.0. The molecular formula is C24H24FeINO2. The number of nitrogens with zero attached hydrogens (tertiary/aromatic N) is 1. The summed E-state index contributed by atoms with van der Waals surface area (Å²) in [5, 5.41) is 0. The third kappa shape index (κ3) is 0.253. The summed E-state index contributed by atoms with van der Waals surface area (Å²) in [6.07, 6.45) is 4.23. The zero-order valence-corrected chi connectivity index (χ0v) is 19.4. The van der Waals surface area contributed by atoms with Crippen molar-refractivity contribution >= 4 is 28.5 Å². The van der Waals surface area contributed by atoms with E-state index in [0.29, 0.717) is 18.9 Å². The summed E-state index contributed by atoms with van der Waals surface area (Å²) in [5.74, 6) is 0.339. The Hall–Kier alpha value is -0.101. The minimum atomic E-state index is -3.17. The number of rotatable bonds is 4. The van der Waals surface area contributed by atoms with Crippen molar-refractivity contribution in [3.05, 3.63) is 35.9 Å². The van der Waals surface area contributed by atoms with E-state index in [9.17, 15) is 4.79 Å². The molecule has 1 aromatic rings. The predicted octanol–water partition coefficient (Wildman–Crippen LogP) is 5.96. The standard InChI is InChI=1S/C19H19INO2.C5H5.Fe/c20-16-8-4-7-14(16)9-11-19-12-10-18(22)21(19)17(13-23-19)15-5-2-1-3-6-15;1-2-4-5-3-1;/h1-8,17H,9-13H2;1-5H;/t17-,19-;;/m0../s1. The molecule has 29 heavy (non-hydrogen) atoms. The third-order valence-corrected chi connectivity index (χ3v) is 72.9. The molecule has 0 saturated carbocycles. The van der Waals surface area contributed by atoms with E-state index in [1.165, 1.54) is 50.5 Å². The Balaban J connectivity index is 0.967. The number of benzene rings is 1. The van der Waals surface area contributed by atoms with E-state index in [4.69, 9.17) is 4.74 Å². The van der Waals surface area contributed by atoms with E-state index in [-0.39, 0.29) is 11.8 Å². The Morgan fingerprint density at radius 1 is 1.03 bits per heavy atom. The Morgan fingerprint density at radius 2 is 1.76 bits per heavy atom. The normalized spacial score (nSPS) is 89.8. The number of hydrogen-bond donors (Lipinski definition) is 0. The van der Waals surface area contributed by atoms with Gasteiger partial charge in [0, 0.05) is 0 Å². The van der Waals surface area contributed by atoms with Crippen LogP contribution in [-0.2, 0) is 16.0 Å². The predicted molar refractivity (Wildman–Crippen MR) is 113 cm³/mol. The molecule has 1 amide bonds. The van der Waals surface area contributed by atoms with Gasteiger partial charge in [-0.25, -0.2) is 0 Å². The second-order valence-corrected chi connectivity index (χ2v) is 40.8. The molecule has 0 aliphatic carbocycles. The molecule has 3 nitrogen and oxygen atoms in total. The van der Waals surface area contributed by atoms with E-state index in [1.807, 2.05) is 0 Å². The molecular weight excluding hydrogens is 517 g/mol. The molecule has 152 valence electrons. The van der Waals surface area contributed by atoms with Crippen molar-refractivity contribution < 1.29 is 16.0 Å². The molecule has 7 atom stereocenters. The molecule has 12 aliphatic rings. The van der Waals surface area contributed by atoms with Crippen molar-refractivity contribution in [2.24, 2.45) is 0 Å².